The van der Waals surface area contributed by atoms with Crippen molar-refractivity contribution in [2.45, 2.75) is 32.2 Å². The van der Waals surface area contributed by atoms with Crippen LogP contribution in [0.3, 0.4) is 0 Å². The van der Waals surface area contributed by atoms with E-state index in [2.05, 4.69) is 5.10 Å². The summed E-state index contributed by atoms with van der Waals surface area (Å²) in [4.78, 5) is 25.5. The number of carbonyl (C=O) groups excluding carboxylic acids is 1. The lowest BCUT2D eigenvalue weighted by Gasteiger charge is -2.28. The molecule has 1 aliphatic heterocycles. The minimum absolute atomic E-state index is 0.0133. The first kappa shape index (κ1) is 12.1. The molecule has 0 aromatic carbocycles. The lowest BCUT2D eigenvalue weighted by molar-refractivity contribution is -0.132. The molecule has 0 N–H and O–H groups in total. The molecule has 100 valence electrons. The first-order valence-corrected chi connectivity index (χ1v) is 6.74. The van der Waals surface area contributed by atoms with Crippen LogP contribution in [0.5, 0.6) is 0 Å². The van der Waals surface area contributed by atoms with Crippen molar-refractivity contribution in [2.75, 3.05) is 13.1 Å². The van der Waals surface area contributed by atoms with Crippen LogP contribution >= 0.6 is 0 Å². The van der Waals surface area contributed by atoms with Crippen molar-refractivity contribution in [2.24, 2.45) is 0 Å². The van der Waals surface area contributed by atoms with Crippen LogP contribution in [0.4, 0.5) is 0 Å². The number of rotatable bonds is 2. The molecular formula is C14H17N3O2. The molecule has 1 aliphatic carbocycles. The van der Waals surface area contributed by atoms with Gasteiger partial charge in [0.2, 0.25) is 5.91 Å². The molecule has 2 heterocycles. The van der Waals surface area contributed by atoms with Gasteiger partial charge in [0, 0.05) is 25.4 Å². The third-order valence-electron chi connectivity index (χ3n) is 3.79. The predicted octanol–water partition coefficient (Wildman–Crippen LogP) is 0.956. The van der Waals surface area contributed by atoms with Gasteiger partial charge in [0.1, 0.15) is 6.54 Å². The number of aromatic nitrogens is 2. The molecule has 0 unspecified atom stereocenters. The van der Waals surface area contributed by atoms with E-state index in [4.69, 9.17) is 0 Å². The Morgan fingerprint density at radius 2 is 1.84 bits per heavy atom. The zero-order valence-corrected chi connectivity index (χ0v) is 10.8. The molecule has 1 saturated carbocycles. The van der Waals surface area contributed by atoms with Crippen molar-refractivity contribution < 1.29 is 4.79 Å². The largest absolute Gasteiger partial charge is 0.340 e. The van der Waals surface area contributed by atoms with Gasteiger partial charge in [0.25, 0.3) is 5.56 Å². The van der Waals surface area contributed by atoms with Crippen molar-refractivity contribution in [3.05, 3.63) is 39.8 Å². The molecule has 1 aromatic rings. The number of hydrogen-bond donors (Lipinski definition) is 0. The molecule has 5 heteroatoms. The smallest absolute Gasteiger partial charge is 0.267 e. The van der Waals surface area contributed by atoms with Gasteiger partial charge in [-0.3, -0.25) is 9.59 Å². The van der Waals surface area contributed by atoms with Crippen LogP contribution in [0.25, 0.3) is 0 Å². The van der Waals surface area contributed by atoms with Gasteiger partial charge in [-0.05, 0) is 31.7 Å². The Hall–Kier alpha value is -1.91. The molecule has 0 bridgehead atoms. The standard InChI is InChI=1S/C14H17N3O2/c18-13-2-1-7-15-17(13)10-14(19)16-8-5-12(6-9-16)11-3-4-11/h1-2,7H,3-6,8-10H2. The van der Waals surface area contributed by atoms with Crippen LogP contribution in [0.2, 0.25) is 0 Å². The summed E-state index contributed by atoms with van der Waals surface area (Å²) in [7, 11) is 0. The Labute approximate surface area is 111 Å². The molecule has 19 heavy (non-hydrogen) atoms. The van der Waals surface area contributed by atoms with Gasteiger partial charge in [-0.1, -0.05) is 11.1 Å². The number of piperidine rings is 1. The first-order valence-electron chi connectivity index (χ1n) is 6.74. The monoisotopic (exact) mass is 259 g/mol. The van der Waals surface area contributed by atoms with Gasteiger partial charge in [-0.2, -0.15) is 5.10 Å². The summed E-state index contributed by atoms with van der Waals surface area (Å²) in [6.07, 6.45) is 6.04. The summed E-state index contributed by atoms with van der Waals surface area (Å²) in [5.74, 6) is -0.0133. The second-order valence-corrected chi connectivity index (χ2v) is 5.11. The van der Waals surface area contributed by atoms with E-state index in [9.17, 15) is 9.59 Å². The summed E-state index contributed by atoms with van der Waals surface area (Å²) in [5, 5.41) is 3.91. The summed E-state index contributed by atoms with van der Waals surface area (Å²) < 4.78 is 1.22. The molecule has 3 rings (SSSR count). The van der Waals surface area contributed by atoms with Crippen molar-refractivity contribution >= 4 is 5.91 Å². The van der Waals surface area contributed by atoms with E-state index in [1.165, 1.54) is 29.8 Å². The number of allylic oxidation sites excluding steroid dienone is 1. The molecule has 0 spiro atoms. The average molecular weight is 259 g/mol. The fraction of sp³-hybridized carbons (Fsp3) is 0.500. The third-order valence-corrected chi connectivity index (χ3v) is 3.79. The van der Waals surface area contributed by atoms with Crippen molar-refractivity contribution in [3.63, 3.8) is 0 Å². The van der Waals surface area contributed by atoms with Crippen LogP contribution in [-0.2, 0) is 11.3 Å². The first-order chi connectivity index (χ1) is 9.24. The number of nitrogens with zero attached hydrogens (tertiary/aromatic N) is 3. The van der Waals surface area contributed by atoms with Gasteiger partial charge >= 0.3 is 0 Å². The Balaban J connectivity index is 1.61. The van der Waals surface area contributed by atoms with Crippen LogP contribution in [0, 0.1) is 0 Å². The molecule has 0 radical (unpaired) electrons. The number of carbonyl (C=O) groups is 1. The lowest BCUT2D eigenvalue weighted by Crippen LogP contribution is -2.40. The molecule has 0 atom stereocenters. The fourth-order valence-electron chi connectivity index (χ4n) is 2.53. The van der Waals surface area contributed by atoms with Gasteiger partial charge < -0.3 is 4.90 Å². The number of amides is 1. The highest BCUT2D eigenvalue weighted by Gasteiger charge is 2.24. The van der Waals surface area contributed by atoms with Crippen molar-refractivity contribution in [1.82, 2.24) is 14.7 Å². The van der Waals surface area contributed by atoms with Crippen molar-refractivity contribution in [1.29, 1.82) is 0 Å². The zero-order chi connectivity index (χ0) is 13.2. The van der Waals surface area contributed by atoms with Gasteiger partial charge in [0.15, 0.2) is 0 Å². The highest BCUT2D eigenvalue weighted by Crippen LogP contribution is 2.35. The minimum Gasteiger partial charge on any atom is -0.340 e. The summed E-state index contributed by atoms with van der Waals surface area (Å²) in [6.45, 7) is 1.60. The maximum Gasteiger partial charge on any atom is 0.267 e. The minimum atomic E-state index is -0.228. The maximum absolute atomic E-state index is 12.1. The van der Waals surface area contributed by atoms with Gasteiger partial charge in [-0.25, -0.2) is 4.68 Å². The second kappa shape index (κ2) is 4.99. The van der Waals surface area contributed by atoms with E-state index < -0.39 is 0 Å². The number of likely N-dealkylation sites (tertiary alicyclic amines) is 1. The topological polar surface area (TPSA) is 55.2 Å². The average Bonchev–Trinajstić information content (AvgIpc) is 3.26. The molecule has 1 saturated heterocycles. The highest BCUT2D eigenvalue weighted by atomic mass is 16.2. The van der Waals surface area contributed by atoms with E-state index in [1.54, 1.807) is 17.2 Å². The Morgan fingerprint density at radius 1 is 1.16 bits per heavy atom. The summed E-state index contributed by atoms with van der Waals surface area (Å²) >= 11 is 0. The maximum atomic E-state index is 12.1. The highest BCUT2D eigenvalue weighted by molar-refractivity contribution is 5.76. The van der Waals surface area contributed by atoms with Crippen LogP contribution in [-0.4, -0.2) is 33.7 Å². The number of hydrogen-bond acceptors (Lipinski definition) is 3. The second-order valence-electron chi connectivity index (χ2n) is 5.11. The van der Waals surface area contributed by atoms with E-state index >= 15 is 0 Å². The van der Waals surface area contributed by atoms with Gasteiger partial charge in [0.05, 0.1) is 0 Å². The molecule has 2 aliphatic rings. The van der Waals surface area contributed by atoms with Crippen LogP contribution < -0.4 is 5.56 Å². The SMILES string of the molecule is O=C(Cn1ncccc1=O)N1CCC(=C2CC2)CC1. The molecular weight excluding hydrogens is 242 g/mol. The summed E-state index contributed by atoms with van der Waals surface area (Å²) in [5.41, 5.74) is 2.93. The molecule has 1 aromatic heterocycles. The van der Waals surface area contributed by atoms with E-state index in [0.29, 0.717) is 0 Å². The Kier molecular flexibility index (Phi) is 3.19. The van der Waals surface area contributed by atoms with E-state index in [-0.39, 0.29) is 18.0 Å². The Morgan fingerprint density at radius 3 is 2.47 bits per heavy atom. The van der Waals surface area contributed by atoms with Crippen molar-refractivity contribution in [3.8, 4) is 0 Å². The van der Waals surface area contributed by atoms with Gasteiger partial charge in [-0.15, -0.1) is 0 Å². The van der Waals surface area contributed by atoms with E-state index in [0.717, 1.165) is 25.9 Å². The quantitative estimate of drug-likeness (QED) is 0.743. The zero-order valence-electron chi connectivity index (χ0n) is 10.8. The molecule has 1 amide bonds. The van der Waals surface area contributed by atoms with Crippen LogP contribution in [0.15, 0.2) is 34.3 Å². The summed E-state index contributed by atoms with van der Waals surface area (Å²) in [6, 6.07) is 3.00. The predicted molar refractivity (Wildman–Crippen MR) is 70.6 cm³/mol. The third kappa shape index (κ3) is 2.75. The molecule has 5 nitrogen and oxygen atoms in total. The fourth-order valence-corrected chi connectivity index (χ4v) is 2.53. The van der Waals surface area contributed by atoms with E-state index in [1.807, 2.05) is 4.90 Å². The van der Waals surface area contributed by atoms with Crippen LogP contribution in [0.1, 0.15) is 25.7 Å². The lowest BCUT2D eigenvalue weighted by atomic mass is 10.0. The normalized spacial score (nSPS) is 18.6. The molecule has 2 fully saturated rings. The Bertz CT molecular complexity index is 572.